The van der Waals surface area contributed by atoms with Crippen molar-refractivity contribution in [3.8, 4) is 0 Å². The van der Waals surface area contributed by atoms with Gasteiger partial charge in [0.1, 0.15) is 5.82 Å². The van der Waals surface area contributed by atoms with Crippen molar-refractivity contribution in [2.24, 2.45) is 5.84 Å². The molecule has 100 valence electrons. The summed E-state index contributed by atoms with van der Waals surface area (Å²) in [4.78, 5) is 5.30. The summed E-state index contributed by atoms with van der Waals surface area (Å²) in [6.45, 7) is 0. The molecule has 0 bridgehead atoms. The molecule has 19 heavy (non-hydrogen) atoms. The first-order chi connectivity index (χ1) is 9.10. The molecule has 3 nitrogen and oxygen atoms in total. The lowest BCUT2D eigenvalue weighted by molar-refractivity contribution is 1.14. The van der Waals surface area contributed by atoms with Gasteiger partial charge in [0.25, 0.3) is 0 Å². The predicted octanol–water partition coefficient (Wildman–Crippen LogP) is 4.62. The topological polar surface area (TPSA) is 50.9 Å². The molecule has 2 aromatic rings. The smallest absolute Gasteiger partial charge is 0.140 e. The number of nitrogens with zero attached hydrogens (tertiary/aromatic N) is 1. The van der Waals surface area contributed by atoms with Gasteiger partial charge in [-0.1, -0.05) is 34.8 Å². The second-order valence-electron chi connectivity index (χ2n) is 3.63. The Kier molecular flexibility index (Phi) is 5.19. The molecule has 0 atom stereocenters. The summed E-state index contributed by atoms with van der Waals surface area (Å²) in [5, 5.41) is 1.67. The molecule has 1 aromatic carbocycles. The van der Waals surface area contributed by atoms with E-state index in [-0.39, 0.29) is 0 Å². The molecule has 3 N–H and O–H groups in total. The first-order valence-corrected chi connectivity index (χ1v) is 7.42. The van der Waals surface area contributed by atoms with Gasteiger partial charge >= 0.3 is 0 Å². The van der Waals surface area contributed by atoms with E-state index >= 15 is 0 Å². The fraction of sp³-hybridized carbons (Fsp3) is 0.0833. The summed E-state index contributed by atoms with van der Waals surface area (Å²) in [7, 11) is 0. The molecule has 0 aliphatic heterocycles. The lowest BCUT2D eigenvalue weighted by Crippen LogP contribution is -2.09. The Labute approximate surface area is 130 Å². The number of hydrogen-bond acceptors (Lipinski definition) is 4. The van der Waals surface area contributed by atoms with Crippen molar-refractivity contribution in [3.63, 3.8) is 0 Å². The number of pyridine rings is 1. The van der Waals surface area contributed by atoms with Crippen LogP contribution in [0.5, 0.6) is 0 Å². The summed E-state index contributed by atoms with van der Waals surface area (Å²) in [6.07, 6.45) is 0. The highest BCUT2D eigenvalue weighted by Crippen LogP contribution is 2.31. The number of nitrogens with one attached hydrogen (secondary N) is 1. The van der Waals surface area contributed by atoms with Crippen LogP contribution in [0.25, 0.3) is 0 Å². The molecule has 0 saturated heterocycles. The fourth-order valence-electron chi connectivity index (χ4n) is 1.38. The molecule has 2 rings (SSSR count). The van der Waals surface area contributed by atoms with Gasteiger partial charge < -0.3 is 5.43 Å². The molecule has 0 aliphatic rings. The Morgan fingerprint density at radius 1 is 1.05 bits per heavy atom. The minimum Gasteiger partial charge on any atom is -0.308 e. The number of hydrogen-bond donors (Lipinski definition) is 2. The van der Waals surface area contributed by atoms with Crippen molar-refractivity contribution in [1.82, 2.24) is 4.98 Å². The van der Waals surface area contributed by atoms with E-state index in [0.717, 1.165) is 10.6 Å². The van der Waals surface area contributed by atoms with Crippen molar-refractivity contribution in [2.75, 3.05) is 5.43 Å². The van der Waals surface area contributed by atoms with Crippen molar-refractivity contribution in [1.29, 1.82) is 0 Å². The Hall–Kier alpha value is -0.650. The molecular formula is C12H10Cl3N3S. The third kappa shape index (κ3) is 3.91. The van der Waals surface area contributed by atoms with Gasteiger partial charge in [-0.2, -0.15) is 0 Å². The van der Waals surface area contributed by atoms with Crippen LogP contribution in [0.1, 0.15) is 5.69 Å². The highest BCUT2D eigenvalue weighted by molar-refractivity contribution is 7.98. The van der Waals surface area contributed by atoms with Gasteiger partial charge in [0.05, 0.1) is 20.8 Å². The van der Waals surface area contributed by atoms with Crippen LogP contribution in [0.3, 0.4) is 0 Å². The first-order valence-electron chi connectivity index (χ1n) is 5.30. The Balaban J connectivity index is 2.11. The highest BCUT2D eigenvalue weighted by Gasteiger charge is 2.06. The van der Waals surface area contributed by atoms with Gasteiger partial charge in [-0.05, 0) is 30.3 Å². The van der Waals surface area contributed by atoms with Gasteiger partial charge in [0, 0.05) is 10.6 Å². The predicted molar refractivity (Wildman–Crippen MR) is 83.1 cm³/mol. The number of halogens is 3. The van der Waals surface area contributed by atoms with Crippen molar-refractivity contribution < 1.29 is 0 Å². The van der Waals surface area contributed by atoms with Crippen LogP contribution < -0.4 is 11.3 Å². The third-order valence-electron chi connectivity index (χ3n) is 2.33. The number of aromatic nitrogens is 1. The average Bonchev–Trinajstić information content (AvgIpc) is 2.41. The molecule has 0 saturated carbocycles. The average molecular weight is 335 g/mol. The maximum absolute atomic E-state index is 6.08. The third-order valence-corrected chi connectivity index (χ3v) is 4.42. The van der Waals surface area contributed by atoms with Crippen LogP contribution in [-0.4, -0.2) is 4.98 Å². The van der Waals surface area contributed by atoms with Crippen molar-refractivity contribution in [3.05, 3.63) is 51.1 Å². The molecular weight excluding hydrogens is 325 g/mol. The molecule has 0 spiro atoms. The molecule has 1 heterocycles. The second kappa shape index (κ2) is 6.68. The maximum atomic E-state index is 6.08. The van der Waals surface area contributed by atoms with Crippen LogP contribution >= 0.6 is 46.6 Å². The zero-order valence-corrected chi connectivity index (χ0v) is 12.7. The molecule has 1 aromatic heterocycles. The SMILES string of the molecule is NNc1ccc(Cl)c(CSc2ccc(Cl)c(Cl)c2)n1. The monoisotopic (exact) mass is 333 g/mol. The van der Waals surface area contributed by atoms with Crippen LogP contribution in [0.15, 0.2) is 35.2 Å². The van der Waals surface area contributed by atoms with E-state index in [9.17, 15) is 0 Å². The number of thioether (sulfide) groups is 1. The fourth-order valence-corrected chi connectivity index (χ4v) is 2.89. The largest absolute Gasteiger partial charge is 0.308 e. The van der Waals surface area contributed by atoms with Crippen LogP contribution in [0, 0.1) is 0 Å². The minimum absolute atomic E-state index is 0.531. The summed E-state index contributed by atoms with van der Waals surface area (Å²) >= 11 is 19.5. The van der Waals surface area contributed by atoms with E-state index in [0.29, 0.717) is 26.6 Å². The Morgan fingerprint density at radius 3 is 2.47 bits per heavy atom. The standard InChI is InChI=1S/C12H10Cl3N3S/c13-8-2-1-7(5-10(8)15)19-6-11-9(14)3-4-12(17-11)18-16/h1-5H,6,16H2,(H,17,18). The summed E-state index contributed by atoms with van der Waals surface area (Å²) < 4.78 is 0. The lowest BCUT2D eigenvalue weighted by Gasteiger charge is -2.07. The van der Waals surface area contributed by atoms with E-state index in [4.69, 9.17) is 40.6 Å². The number of hydrazine groups is 1. The normalized spacial score (nSPS) is 10.5. The summed E-state index contributed by atoms with van der Waals surface area (Å²) in [5.74, 6) is 6.51. The molecule has 0 amide bonds. The molecule has 0 aliphatic carbocycles. The zero-order chi connectivity index (χ0) is 13.8. The van der Waals surface area contributed by atoms with Crippen LogP contribution in [0.2, 0.25) is 15.1 Å². The number of rotatable bonds is 4. The molecule has 0 radical (unpaired) electrons. The number of benzene rings is 1. The highest BCUT2D eigenvalue weighted by atomic mass is 35.5. The van der Waals surface area contributed by atoms with E-state index in [1.54, 1.807) is 30.0 Å². The van der Waals surface area contributed by atoms with Crippen LogP contribution in [0.4, 0.5) is 5.82 Å². The van der Waals surface area contributed by atoms with E-state index in [2.05, 4.69) is 10.4 Å². The number of nitrogens with two attached hydrogens (primary N) is 1. The van der Waals surface area contributed by atoms with E-state index in [1.807, 2.05) is 12.1 Å². The number of anilines is 1. The van der Waals surface area contributed by atoms with Gasteiger partial charge in [-0.15, -0.1) is 11.8 Å². The summed E-state index contributed by atoms with van der Waals surface area (Å²) in [5.41, 5.74) is 3.25. The van der Waals surface area contributed by atoms with E-state index in [1.165, 1.54) is 0 Å². The number of nitrogen functional groups attached to an aromatic ring is 1. The maximum Gasteiger partial charge on any atom is 0.140 e. The van der Waals surface area contributed by atoms with Crippen molar-refractivity contribution >= 4 is 52.4 Å². The van der Waals surface area contributed by atoms with Gasteiger partial charge in [-0.25, -0.2) is 10.8 Å². The lowest BCUT2D eigenvalue weighted by atomic mass is 10.3. The van der Waals surface area contributed by atoms with Gasteiger partial charge in [0.2, 0.25) is 0 Å². The minimum atomic E-state index is 0.531. The molecule has 0 fully saturated rings. The first kappa shape index (κ1) is 14.8. The molecule has 7 heteroatoms. The quantitative estimate of drug-likeness (QED) is 0.486. The van der Waals surface area contributed by atoms with Crippen molar-refractivity contribution in [2.45, 2.75) is 10.6 Å². The van der Waals surface area contributed by atoms with Crippen LogP contribution in [-0.2, 0) is 5.75 Å². The zero-order valence-electron chi connectivity index (χ0n) is 9.66. The second-order valence-corrected chi connectivity index (χ2v) is 5.90. The van der Waals surface area contributed by atoms with E-state index < -0.39 is 0 Å². The summed E-state index contributed by atoms with van der Waals surface area (Å²) in [6, 6.07) is 8.95. The van der Waals surface area contributed by atoms with Gasteiger partial charge in [0.15, 0.2) is 0 Å². The Morgan fingerprint density at radius 2 is 1.79 bits per heavy atom. The Bertz CT molecular complexity index is 592. The molecule has 0 unspecified atom stereocenters. The van der Waals surface area contributed by atoms with Gasteiger partial charge in [-0.3, -0.25) is 0 Å².